The monoisotopic (exact) mass is 1040 g/mol. The number of benzene rings is 8. The van der Waals surface area contributed by atoms with Crippen molar-refractivity contribution in [3.8, 4) is 45.6 Å². The maximum atomic E-state index is 12.6. The molecule has 8 rings (SSSR count). The van der Waals surface area contributed by atoms with Crippen molar-refractivity contribution in [1.29, 1.82) is 0 Å². The second-order valence-electron chi connectivity index (χ2n) is 15.7. The van der Waals surface area contributed by atoms with Crippen LogP contribution in [0.4, 0.5) is 45.5 Å². The molecule has 0 unspecified atom stereocenters. The van der Waals surface area contributed by atoms with Gasteiger partial charge in [-0.3, -0.25) is 0 Å². The predicted molar refractivity (Wildman–Crippen MR) is 261 cm³/mol. The SMILES string of the molecule is COc1ccc(Nc2ccc3c(O)c(N=Nc4ccc(-c5ccc(N=Nc6c(S(=O)(=O)[O-])cc7cc(Nc8ccc(OC)cc8)ccc7c6O)c(OCC(=O)[O-])c5)cc4OCC(=O)[O-])c(S(=O)(=O)[O-])cc3c2)cc1. The minimum atomic E-state index is -5.32. The topological polar surface area (TPSA) is 346 Å². The number of aliphatic carboxylic acids is 2. The van der Waals surface area contributed by atoms with E-state index in [0.717, 1.165) is 12.1 Å². The molecule has 0 radical (unpaired) electrons. The minimum absolute atomic E-state index is 0.0911. The highest BCUT2D eigenvalue weighted by atomic mass is 32.2. The van der Waals surface area contributed by atoms with Crippen LogP contribution in [0.25, 0.3) is 32.7 Å². The van der Waals surface area contributed by atoms with Crippen molar-refractivity contribution in [1.82, 2.24) is 0 Å². The number of hydrogen-bond donors (Lipinski definition) is 4. The molecule has 0 heterocycles. The van der Waals surface area contributed by atoms with Crippen molar-refractivity contribution >= 4 is 99.2 Å². The van der Waals surface area contributed by atoms with Gasteiger partial charge in [0, 0.05) is 33.5 Å². The van der Waals surface area contributed by atoms with Crippen molar-refractivity contribution in [2.75, 3.05) is 38.1 Å². The average Bonchev–Trinajstić information content (AvgIpc) is 3.37. The third-order valence-electron chi connectivity index (χ3n) is 10.9. The summed E-state index contributed by atoms with van der Waals surface area (Å²) in [7, 11) is -7.60. The Kier molecular flexibility index (Phi) is 14.6. The molecule has 0 aliphatic heterocycles. The molecule has 0 aromatic heterocycles. The Morgan fingerprint density at radius 3 is 1.20 bits per heavy atom. The summed E-state index contributed by atoms with van der Waals surface area (Å²) in [6.45, 7) is -2.05. The number of nitrogens with one attached hydrogen (secondary N) is 2. The van der Waals surface area contributed by atoms with Crippen molar-refractivity contribution < 1.29 is 74.9 Å². The van der Waals surface area contributed by atoms with Crippen LogP contribution in [-0.2, 0) is 29.8 Å². The van der Waals surface area contributed by atoms with E-state index in [1.165, 1.54) is 74.9 Å². The fourth-order valence-corrected chi connectivity index (χ4v) is 8.67. The molecule has 0 spiro atoms. The number of azo groups is 2. The molecule has 0 aliphatic carbocycles. The summed E-state index contributed by atoms with van der Waals surface area (Å²) in [6, 6.07) is 32.7. The normalized spacial score (nSPS) is 11.8. The molecule has 0 saturated carbocycles. The molecule has 24 heteroatoms. The lowest BCUT2D eigenvalue weighted by atomic mass is 10.0. The lowest BCUT2D eigenvalue weighted by molar-refractivity contribution is -0.308. The molecule has 0 aliphatic rings. The fourth-order valence-electron chi connectivity index (χ4n) is 7.38. The zero-order chi connectivity index (χ0) is 52.9. The Morgan fingerprint density at radius 1 is 0.500 bits per heavy atom. The van der Waals surface area contributed by atoms with Gasteiger partial charge in [0.05, 0.1) is 35.9 Å². The van der Waals surface area contributed by atoms with E-state index in [9.17, 15) is 56.0 Å². The zero-order valence-corrected chi connectivity index (χ0v) is 40.0. The minimum Gasteiger partial charge on any atom is -0.744 e. The van der Waals surface area contributed by atoms with Crippen LogP contribution in [0.15, 0.2) is 164 Å². The predicted octanol–water partition coefficient (Wildman–Crippen LogP) is 7.47. The molecular weight excluding hydrogens is 1000 g/mol. The standard InChI is InChI=1S/C50H40N6O16S2/c1-69-35-11-5-31(6-12-35)51-33-9-15-37-29(19-33)23-43(73(63,64)65)47(49(37)61)55-53-39-17-3-27(21-41(39)71-25-45(57)58)28-4-18-40(42(22-28)72-26-46(59)60)54-56-48-44(74(66,67)68)24-30-20-34(10-16-38(30)50(48)62)52-32-7-13-36(70-2)14-8-32/h3-24,51-52,61-62H,25-26H2,1-2H3,(H,57,58)(H,59,60)(H,63,64,65)(H,66,67,68)/p-4. The molecule has 8 aromatic carbocycles. The Bertz CT molecular complexity index is 3550. The van der Waals surface area contributed by atoms with Gasteiger partial charge < -0.3 is 68.7 Å². The highest BCUT2D eigenvalue weighted by Crippen LogP contribution is 2.46. The Balaban J connectivity index is 1.12. The number of nitrogens with zero attached hydrogens (tertiary/aromatic N) is 4. The summed E-state index contributed by atoms with van der Waals surface area (Å²) >= 11 is 0. The first kappa shape index (κ1) is 51.0. The van der Waals surface area contributed by atoms with Gasteiger partial charge in [-0.15, -0.1) is 20.5 Å². The summed E-state index contributed by atoms with van der Waals surface area (Å²) in [5, 5.41) is 68.3. The molecule has 0 atom stereocenters. The summed E-state index contributed by atoms with van der Waals surface area (Å²) in [6.07, 6.45) is 0. The molecule has 0 fully saturated rings. The summed E-state index contributed by atoms with van der Waals surface area (Å²) in [4.78, 5) is 21.2. The number of carboxylic acid groups (broad SMARTS) is 2. The molecule has 0 saturated heterocycles. The van der Waals surface area contributed by atoms with Gasteiger partial charge in [-0.25, -0.2) is 16.8 Å². The van der Waals surface area contributed by atoms with Gasteiger partial charge in [0.25, 0.3) is 0 Å². The Labute approximate surface area is 419 Å². The number of fused-ring (bicyclic) bond motifs is 2. The van der Waals surface area contributed by atoms with Crippen LogP contribution >= 0.6 is 0 Å². The van der Waals surface area contributed by atoms with Crippen molar-refractivity contribution in [2.45, 2.75) is 9.79 Å². The van der Waals surface area contributed by atoms with Crippen molar-refractivity contribution in [3.05, 3.63) is 133 Å². The smallest absolute Gasteiger partial charge is 0.152 e. The number of carboxylic acids is 2. The van der Waals surface area contributed by atoms with E-state index < -0.39 is 78.1 Å². The molecule has 8 aromatic rings. The van der Waals surface area contributed by atoms with Gasteiger partial charge >= 0.3 is 0 Å². The molecule has 4 N–H and O–H groups in total. The van der Waals surface area contributed by atoms with E-state index in [1.807, 2.05) is 0 Å². The number of ether oxygens (including phenoxy) is 4. The molecular formula is C50H36N6O16S2-4. The second kappa shape index (κ2) is 21.2. The molecule has 378 valence electrons. The number of rotatable bonds is 19. The number of aromatic hydroxyl groups is 2. The van der Waals surface area contributed by atoms with E-state index in [2.05, 4.69) is 31.1 Å². The number of phenols is 2. The van der Waals surface area contributed by atoms with Gasteiger partial charge in [0.1, 0.15) is 79.2 Å². The van der Waals surface area contributed by atoms with Crippen LogP contribution in [0.2, 0.25) is 0 Å². The zero-order valence-electron chi connectivity index (χ0n) is 38.3. The average molecular weight is 1040 g/mol. The van der Waals surface area contributed by atoms with Crippen molar-refractivity contribution in [2.24, 2.45) is 20.5 Å². The van der Waals surface area contributed by atoms with E-state index in [-0.39, 0.29) is 55.5 Å². The number of carbonyl (C=O) groups is 2. The highest BCUT2D eigenvalue weighted by molar-refractivity contribution is 7.86. The maximum absolute atomic E-state index is 12.6. The first-order chi connectivity index (χ1) is 35.3. The van der Waals surface area contributed by atoms with E-state index in [0.29, 0.717) is 34.2 Å². The number of anilines is 4. The molecule has 0 bridgehead atoms. The van der Waals surface area contributed by atoms with Gasteiger partial charge in [-0.1, -0.05) is 12.1 Å². The lowest BCUT2D eigenvalue weighted by Crippen LogP contribution is -2.29. The highest BCUT2D eigenvalue weighted by Gasteiger charge is 2.21. The van der Waals surface area contributed by atoms with Gasteiger partial charge in [0.15, 0.2) is 11.5 Å². The van der Waals surface area contributed by atoms with E-state index >= 15 is 0 Å². The van der Waals surface area contributed by atoms with Gasteiger partial charge in [0.2, 0.25) is 0 Å². The molecule has 74 heavy (non-hydrogen) atoms. The third-order valence-corrected chi connectivity index (χ3v) is 12.6. The Hall–Kier alpha value is -9.36. The second-order valence-corrected chi connectivity index (χ2v) is 18.4. The Morgan fingerprint density at radius 2 is 0.865 bits per heavy atom. The first-order valence-electron chi connectivity index (χ1n) is 21.4. The van der Waals surface area contributed by atoms with Crippen LogP contribution in [0.3, 0.4) is 0 Å². The maximum Gasteiger partial charge on any atom is 0.152 e. The van der Waals surface area contributed by atoms with E-state index in [4.69, 9.17) is 18.9 Å². The largest absolute Gasteiger partial charge is 0.744 e. The van der Waals surface area contributed by atoms with Crippen molar-refractivity contribution in [3.63, 3.8) is 0 Å². The summed E-state index contributed by atoms with van der Waals surface area (Å²) in [5.41, 5.74) is 0.758. The van der Waals surface area contributed by atoms with Crippen LogP contribution in [-0.4, -0.2) is 75.5 Å². The number of hydrogen-bond acceptors (Lipinski definition) is 22. The van der Waals surface area contributed by atoms with E-state index in [1.54, 1.807) is 60.7 Å². The fraction of sp³-hybridized carbons (Fsp3) is 0.0800. The quantitative estimate of drug-likeness (QED) is 0.0450. The van der Waals surface area contributed by atoms with Crippen LogP contribution < -0.4 is 39.8 Å². The lowest BCUT2D eigenvalue weighted by Gasteiger charge is -2.16. The number of carbonyl (C=O) groups excluding carboxylic acids is 2. The first-order valence-corrected chi connectivity index (χ1v) is 24.2. The molecule has 22 nitrogen and oxygen atoms in total. The van der Waals surface area contributed by atoms with Crippen LogP contribution in [0.5, 0.6) is 34.5 Å². The number of phenolic OH excluding ortho intramolecular Hbond substituents is 2. The summed E-state index contributed by atoms with van der Waals surface area (Å²) in [5.74, 6) is -4.11. The summed E-state index contributed by atoms with van der Waals surface area (Å²) < 4.78 is 96.7. The van der Waals surface area contributed by atoms with Gasteiger partial charge in [-0.05, 0) is 143 Å². The number of methoxy groups -OCH3 is 2. The van der Waals surface area contributed by atoms with Crippen LogP contribution in [0.1, 0.15) is 0 Å². The third kappa shape index (κ3) is 11.7. The van der Waals surface area contributed by atoms with Crippen LogP contribution in [0, 0.1) is 0 Å². The molecule has 0 amide bonds. The van der Waals surface area contributed by atoms with Gasteiger partial charge in [-0.2, -0.15) is 0 Å².